The molecule has 9 aromatic rings. The molecule has 3 aliphatic carbocycles. The number of hydrogen-bond acceptors (Lipinski definition) is 4. The van der Waals surface area contributed by atoms with Crippen molar-refractivity contribution < 1.29 is 10.4 Å². The first-order valence-electron chi connectivity index (χ1n) is 33.2. The van der Waals surface area contributed by atoms with Crippen molar-refractivity contribution in [2.75, 3.05) is 0 Å². The van der Waals surface area contributed by atoms with E-state index in [1.807, 2.05) is 0 Å². The number of hydrogen-bond donors (Lipinski definition) is 0. The molecule has 0 spiro atoms. The topological polar surface area (TPSA) is 44.8 Å². The van der Waals surface area contributed by atoms with Gasteiger partial charge < -0.3 is 0 Å². The first kappa shape index (κ1) is 63.7. The molecular weight excluding hydrogens is 1250 g/mol. The Hall–Kier alpha value is -5.47. The summed E-state index contributed by atoms with van der Waals surface area (Å²) in [6, 6.07) is 80.4. The molecule has 3 aliphatic rings. The zero-order valence-corrected chi connectivity index (χ0v) is 58.6. The molecule has 89 heavy (non-hydrogen) atoms. The van der Waals surface area contributed by atoms with Crippen LogP contribution in [-0.4, -0.2) is 20.1 Å². The zero-order valence-electron chi connectivity index (χ0n) is 53.5. The second-order valence-electron chi connectivity index (χ2n) is 26.3. The van der Waals surface area contributed by atoms with Crippen molar-refractivity contribution in [2.24, 2.45) is 17.8 Å². The van der Waals surface area contributed by atoms with Crippen molar-refractivity contribution in [3.8, 4) is 0 Å². The van der Waals surface area contributed by atoms with Gasteiger partial charge in [0.25, 0.3) is 0 Å². The van der Waals surface area contributed by atoms with E-state index in [2.05, 4.69) is 260 Å². The van der Waals surface area contributed by atoms with Crippen molar-refractivity contribution in [1.29, 1.82) is 0 Å². The van der Waals surface area contributed by atoms with Gasteiger partial charge in [-0.3, -0.25) is 0 Å². The summed E-state index contributed by atoms with van der Waals surface area (Å²) in [4.78, 5) is 8.35. The Bertz CT molecular complexity index is 3240. The molecule has 3 saturated carbocycles. The van der Waals surface area contributed by atoms with Gasteiger partial charge in [-0.1, -0.05) is 0 Å². The van der Waals surface area contributed by atoms with E-state index in [0.717, 1.165) is 96.7 Å². The SMILES string of the molecule is Cc1ccc(S([O][Sb](=[O])([O]S(c2ccc(C)cc2)(c2ccc(C)cc2)c2ccc(CC3CCCCC3)cc2)[O]S(c2ccc(C)cc2)(c2ccc(C)cc2)c2ccc(CC3CCCCC3)cc2)(c2ccc(C)cc2)c2ccc(CC3CCCCC3)cc2)cc1. The molecule has 4 nitrogen and oxygen atoms in total. The average molecular weight is 1350 g/mol. The molecule has 0 aromatic heterocycles. The van der Waals surface area contributed by atoms with Crippen LogP contribution < -0.4 is 0 Å². The molecule has 0 aliphatic heterocycles. The van der Waals surface area contributed by atoms with Crippen LogP contribution in [0.2, 0.25) is 0 Å². The summed E-state index contributed by atoms with van der Waals surface area (Å²) in [7, 11) is -9.09. The van der Waals surface area contributed by atoms with Gasteiger partial charge in [0, 0.05) is 0 Å². The third-order valence-electron chi connectivity index (χ3n) is 19.2. The van der Waals surface area contributed by atoms with Gasteiger partial charge in [0.1, 0.15) is 0 Å². The zero-order chi connectivity index (χ0) is 61.4. The summed E-state index contributed by atoms with van der Waals surface area (Å²) in [5.74, 6) is 1.97. The molecule has 0 saturated heterocycles. The Labute approximate surface area is 544 Å². The predicted molar refractivity (Wildman–Crippen MR) is 374 cm³/mol. The summed E-state index contributed by atoms with van der Waals surface area (Å²) in [5.41, 5.74) is 10.7. The van der Waals surface area contributed by atoms with Gasteiger partial charge in [-0.25, -0.2) is 0 Å². The summed E-state index contributed by atoms with van der Waals surface area (Å²) in [6.07, 6.45) is 22.4. The number of rotatable bonds is 21. The van der Waals surface area contributed by atoms with E-state index in [9.17, 15) is 0 Å². The van der Waals surface area contributed by atoms with Crippen molar-refractivity contribution in [3.05, 3.63) is 268 Å². The van der Waals surface area contributed by atoms with Crippen LogP contribution in [0.1, 0.15) is 146 Å². The van der Waals surface area contributed by atoms with Gasteiger partial charge in [-0.2, -0.15) is 0 Å². The van der Waals surface area contributed by atoms with E-state index in [1.165, 1.54) is 113 Å². The fourth-order valence-corrected chi connectivity index (χ4v) is 38.7. The third kappa shape index (κ3) is 14.4. The number of benzene rings is 9. The maximum absolute atomic E-state index is 19.3. The Morgan fingerprint density at radius 2 is 0.416 bits per heavy atom. The van der Waals surface area contributed by atoms with E-state index in [1.54, 1.807) is 0 Å². The second kappa shape index (κ2) is 28.6. The van der Waals surface area contributed by atoms with E-state index in [-0.39, 0.29) is 0 Å². The predicted octanol–water partition coefficient (Wildman–Crippen LogP) is 23.8. The molecule has 12 rings (SSSR count). The molecule has 0 heterocycles. The van der Waals surface area contributed by atoms with E-state index in [0.29, 0.717) is 17.8 Å². The minimum atomic E-state index is -6.79. The molecular formula is C81H93O4S3Sb. The van der Waals surface area contributed by atoms with Crippen molar-refractivity contribution in [2.45, 2.75) is 201 Å². The summed E-state index contributed by atoms with van der Waals surface area (Å²) < 4.78 is 45.0. The summed E-state index contributed by atoms with van der Waals surface area (Å²) in [6.45, 7) is 12.8. The first-order chi connectivity index (χ1) is 43.3. The molecule has 0 atom stereocenters. The molecule has 464 valence electrons. The van der Waals surface area contributed by atoms with E-state index in [4.69, 9.17) is 7.38 Å². The molecule has 9 aromatic carbocycles. The van der Waals surface area contributed by atoms with Crippen molar-refractivity contribution in [3.63, 3.8) is 0 Å². The first-order valence-corrected chi connectivity index (χ1v) is 42.0. The van der Waals surface area contributed by atoms with E-state index < -0.39 is 51.0 Å². The van der Waals surface area contributed by atoms with Gasteiger partial charge in [-0.05, 0) is 0 Å². The number of aryl methyl sites for hydroxylation is 6. The normalized spacial score (nSPS) is 16.5. The molecule has 0 bridgehead atoms. The Balaban J connectivity index is 1.16. The summed E-state index contributed by atoms with van der Waals surface area (Å²) >= 11 is -6.79. The van der Waals surface area contributed by atoms with Crippen LogP contribution in [0.25, 0.3) is 0 Å². The molecule has 8 heteroatoms. The summed E-state index contributed by atoms with van der Waals surface area (Å²) in [5, 5.41) is 0. The van der Waals surface area contributed by atoms with Crippen LogP contribution in [-0.2, 0) is 29.7 Å². The maximum atomic E-state index is 19.3. The molecule has 3 fully saturated rings. The standard InChI is InChI=1S/3C27H32OS.O.Sb/c3*1-21-8-14-25(15-9-21)29(28,26-16-10-22(2)11-17-26)27-18-12-24(13-19-27)20-23-6-4-3-5-7-23;;/h3*8-19,23,28H,3-7,20H2,1-2H3;;/q;;;;+3/p-3. The van der Waals surface area contributed by atoms with Gasteiger partial charge >= 0.3 is 549 Å². The van der Waals surface area contributed by atoms with Gasteiger partial charge in [0.15, 0.2) is 0 Å². The van der Waals surface area contributed by atoms with Crippen LogP contribution in [0, 0.1) is 59.3 Å². The fraction of sp³-hybridized carbons (Fsp3) is 0.333. The fourth-order valence-electron chi connectivity index (χ4n) is 14.1. The molecule has 0 radical (unpaired) electrons. The van der Waals surface area contributed by atoms with Crippen molar-refractivity contribution >= 4 is 51.0 Å². The Morgan fingerprint density at radius 3 is 0.584 bits per heavy atom. The Kier molecular flexibility index (Phi) is 20.4. The Morgan fingerprint density at radius 1 is 0.258 bits per heavy atom. The molecule has 0 N–H and O–H groups in total. The van der Waals surface area contributed by atoms with Crippen LogP contribution in [0.5, 0.6) is 0 Å². The van der Waals surface area contributed by atoms with Crippen LogP contribution in [0.4, 0.5) is 0 Å². The van der Waals surface area contributed by atoms with Crippen LogP contribution >= 0.6 is 30.9 Å². The van der Waals surface area contributed by atoms with Crippen molar-refractivity contribution in [1.82, 2.24) is 0 Å². The van der Waals surface area contributed by atoms with Gasteiger partial charge in [-0.15, -0.1) is 0 Å². The van der Waals surface area contributed by atoms with Gasteiger partial charge in [0.05, 0.1) is 0 Å². The second-order valence-corrected chi connectivity index (χ2v) is 40.7. The van der Waals surface area contributed by atoms with Gasteiger partial charge in [0.2, 0.25) is 0 Å². The molecule has 0 amide bonds. The molecule has 0 unspecified atom stereocenters. The minimum absolute atomic E-state index is 0.658. The average Bonchev–Trinajstić information content (AvgIpc) is 0.953. The van der Waals surface area contributed by atoms with Crippen LogP contribution in [0.15, 0.2) is 262 Å². The third-order valence-corrected chi connectivity index (χ3v) is 39.3. The monoisotopic (exact) mass is 1350 g/mol. The van der Waals surface area contributed by atoms with E-state index >= 15 is 3.02 Å². The quantitative estimate of drug-likeness (QED) is 0.0673. The van der Waals surface area contributed by atoms with Crippen LogP contribution in [0.3, 0.4) is 0 Å².